The minimum absolute atomic E-state index is 0.943. The molecule has 14 rings (SSSR count). The van der Waals surface area contributed by atoms with Gasteiger partial charge >= 0.3 is 0 Å². The number of benzene rings is 8. The van der Waals surface area contributed by atoms with Gasteiger partial charge < -0.3 is 4.98 Å². The third-order valence-electron chi connectivity index (χ3n) is 14.0. The maximum Gasteiger partial charge on any atom is 0.137 e. The molecule has 1 N–H and O–H groups in total. The number of pyridine rings is 1. The van der Waals surface area contributed by atoms with Crippen molar-refractivity contribution in [3.8, 4) is 39.2 Å². The van der Waals surface area contributed by atoms with Crippen molar-refractivity contribution in [2.45, 2.75) is 38.5 Å². The molecule has 3 heterocycles. The molecule has 3 aromatic heterocycles. The van der Waals surface area contributed by atoms with Crippen LogP contribution < -0.4 is 0 Å². The zero-order valence-electron chi connectivity index (χ0n) is 32.0. The number of nitrogens with one attached hydrogen (secondary N) is 1. The van der Waals surface area contributed by atoms with Crippen molar-refractivity contribution in [3.63, 3.8) is 0 Å². The minimum atomic E-state index is 0.943. The molecule has 0 spiro atoms. The molecule has 3 nitrogen and oxygen atoms in total. The van der Waals surface area contributed by atoms with E-state index in [2.05, 4.69) is 143 Å². The highest BCUT2D eigenvalue weighted by Gasteiger charge is 2.24. The molecule has 8 aromatic carbocycles. The number of nitrogens with zero attached hydrogens (tertiary/aromatic N) is 2. The van der Waals surface area contributed by atoms with Crippen LogP contribution >= 0.6 is 0 Å². The number of aryl methyl sites for hydroxylation is 6. The Morgan fingerprint density at radius 3 is 1.66 bits per heavy atom. The molecule has 0 atom stereocenters. The van der Waals surface area contributed by atoms with Crippen LogP contribution in [0.15, 0.2) is 146 Å². The van der Waals surface area contributed by atoms with Crippen LogP contribution in [-0.4, -0.2) is 14.5 Å². The summed E-state index contributed by atoms with van der Waals surface area (Å²) in [5, 5.41) is 10.9. The molecule has 3 aliphatic rings. The van der Waals surface area contributed by atoms with Gasteiger partial charge in [0, 0.05) is 38.8 Å². The standard InChI is InChI=1S/C55H37N3/c1-2-24-56-53(9-1)58-51-23-19-36(40-21-17-34-13-11-32-6-4-8-42(40)55(32)34)27-47(51)48-28-38-15-14-37-26-46-45-25-35(39-20-16-33-12-10-31-5-3-7-41(39)54(31)33)18-22-49(45)57-50(46)29-43(37)44(38)30-52(48)58/h1-9,16-30,57H,10-15H2. The fraction of sp³-hybridized carbons (Fsp3) is 0.109. The lowest BCUT2D eigenvalue weighted by Crippen LogP contribution is -2.04. The lowest BCUT2D eigenvalue weighted by Gasteiger charge is -2.21. The Labute approximate surface area is 335 Å². The topological polar surface area (TPSA) is 33.6 Å². The zero-order chi connectivity index (χ0) is 37.6. The summed E-state index contributed by atoms with van der Waals surface area (Å²) in [6.45, 7) is 0. The van der Waals surface area contributed by atoms with Gasteiger partial charge in [-0.05, 0) is 187 Å². The zero-order valence-corrected chi connectivity index (χ0v) is 32.0. The monoisotopic (exact) mass is 739 g/mol. The molecule has 3 aliphatic carbocycles. The highest BCUT2D eigenvalue weighted by molar-refractivity contribution is 6.15. The van der Waals surface area contributed by atoms with Gasteiger partial charge in [0.2, 0.25) is 0 Å². The lowest BCUT2D eigenvalue weighted by molar-refractivity contribution is 0.946. The number of hydrogen-bond donors (Lipinski definition) is 1. The van der Waals surface area contributed by atoms with E-state index in [0.29, 0.717) is 0 Å². The molecular formula is C55H37N3. The predicted octanol–water partition coefficient (Wildman–Crippen LogP) is 13.4. The molecule has 11 aromatic rings. The van der Waals surface area contributed by atoms with E-state index >= 15 is 0 Å². The van der Waals surface area contributed by atoms with E-state index in [0.717, 1.165) is 44.3 Å². The van der Waals surface area contributed by atoms with Gasteiger partial charge in [0.15, 0.2) is 0 Å². The molecule has 0 saturated carbocycles. The number of aromatic amines is 1. The number of aromatic nitrogens is 3. The van der Waals surface area contributed by atoms with E-state index in [-0.39, 0.29) is 0 Å². The van der Waals surface area contributed by atoms with Crippen LogP contribution in [0, 0.1) is 0 Å². The van der Waals surface area contributed by atoms with Crippen LogP contribution in [0.3, 0.4) is 0 Å². The predicted molar refractivity (Wildman–Crippen MR) is 241 cm³/mol. The Balaban J connectivity index is 0.947. The molecule has 3 heteroatoms. The summed E-state index contributed by atoms with van der Waals surface area (Å²) in [4.78, 5) is 8.73. The van der Waals surface area contributed by atoms with Crippen LogP contribution in [-0.2, 0) is 38.5 Å². The molecule has 0 amide bonds. The van der Waals surface area contributed by atoms with E-state index in [9.17, 15) is 0 Å². The van der Waals surface area contributed by atoms with E-state index in [4.69, 9.17) is 4.98 Å². The van der Waals surface area contributed by atoms with Crippen LogP contribution in [0.2, 0.25) is 0 Å². The first kappa shape index (κ1) is 31.2. The molecule has 272 valence electrons. The number of rotatable bonds is 3. The van der Waals surface area contributed by atoms with Crippen molar-refractivity contribution in [1.82, 2.24) is 14.5 Å². The summed E-state index contributed by atoms with van der Waals surface area (Å²) in [5.41, 5.74) is 21.4. The Morgan fingerprint density at radius 2 is 0.966 bits per heavy atom. The summed E-state index contributed by atoms with van der Waals surface area (Å²) in [6, 6.07) is 53.3. The van der Waals surface area contributed by atoms with Gasteiger partial charge in [-0.3, -0.25) is 4.57 Å². The first-order valence-electron chi connectivity index (χ1n) is 20.9. The van der Waals surface area contributed by atoms with Crippen molar-refractivity contribution >= 4 is 65.2 Å². The molecule has 58 heavy (non-hydrogen) atoms. The molecule has 0 fully saturated rings. The van der Waals surface area contributed by atoms with Gasteiger partial charge in [-0.1, -0.05) is 78.9 Å². The fourth-order valence-corrected chi connectivity index (χ4v) is 11.4. The smallest absolute Gasteiger partial charge is 0.137 e. The molecule has 0 bridgehead atoms. The third kappa shape index (κ3) is 4.20. The average Bonchev–Trinajstić information content (AvgIpc) is 4.06. The Kier molecular flexibility index (Phi) is 6.09. The molecule has 0 aliphatic heterocycles. The van der Waals surface area contributed by atoms with Crippen molar-refractivity contribution in [1.29, 1.82) is 0 Å². The molecule has 0 radical (unpaired) electrons. The molecular weight excluding hydrogens is 703 g/mol. The first-order valence-corrected chi connectivity index (χ1v) is 20.9. The van der Waals surface area contributed by atoms with Crippen LogP contribution in [0.4, 0.5) is 0 Å². The number of hydrogen-bond acceptors (Lipinski definition) is 1. The lowest BCUT2D eigenvalue weighted by atomic mass is 9.84. The summed E-state index contributed by atoms with van der Waals surface area (Å²) in [7, 11) is 0. The van der Waals surface area contributed by atoms with Crippen LogP contribution in [0.1, 0.15) is 33.4 Å². The second-order valence-electron chi connectivity index (χ2n) is 16.9. The second-order valence-corrected chi connectivity index (χ2v) is 16.9. The average molecular weight is 740 g/mol. The largest absolute Gasteiger partial charge is 0.354 e. The normalized spacial score (nSPS) is 14.1. The van der Waals surface area contributed by atoms with Crippen molar-refractivity contribution in [2.24, 2.45) is 0 Å². The summed E-state index contributed by atoms with van der Waals surface area (Å²) >= 11 is 0. The highest BCUT2D eigenvalue weighted by Crippen LogP contribution is 2.45. The van der Waals surface area contributed by atoms with E-state index < -0.39 is 0 Å². The highest BCUT2D eigenvalue weighted by atomic mass is 15.1. The maximum absolute atomic E-state index is 4.91. The minimum Gasteiger partial charge on any atom is -0.354 e. The summed E-state index contributed by atoms with van der Waals surface area (Å²) in [5.74, 6) is 0.943. The van der Waals surface area contributed by atoms with Gasteiger partial charge in [-0.2, -0.15) is 0 Å². The maximum atomic E-state index is 4.91. The number of H-pyrrole nitrogens is 1. The Morgan fingerprint density at radius 1 is 0.379 bits per heavy atom. The van der Waals surface area contributed by atoms with Gasteiger partial charge in [-0.15, -0.1) is 0 Å². The summed E-state index contributed by atoms with van der Waals surface area (Å²) < 4.78 is 2.37. The quantitative estimate of drug-likeness (QED) is 0.192. The van der Waals surface area contributed by atoms with Gasteiger partial charge in [0.1, 0.15) is 5.82 Å². The van der Waals surface area contributed by atoms with E-state index in [1.807, 2.05) is 12.3 Å². The third-order valence-corrected chi connectivity index (χ3v) is 14.0. The van der Waals surface area contributed by atoms with Crippen LogP contribution in [0.5, 0.6) is 0 Å². The van der Waals surface area contributed by atoms with E-state index in [1.54, 1.807) is 0 Å². The SMILES string of the molecule is c1ccc(-n2c3ccc(-c4ccc5c6c(cccc46)CC5)cc3c3cc4c(cc32)-c2cc3[nH]c5ccc(-c6ccc7c8c(cccc68)CC7)cc5c3cc2CC4)nc1. The van der Waals surface area contributed by atoms with Gasteiger partial charge in [0.25, 0.3) is 0 Å². The molecule has 0 unspecified atom stereocenters. The molecule has 0 saturated heterocycles. The second kappa shape index (κ2) is 11.3. The van der Waals surface area contributed by atoms with E-state index in [1.165, 1.54) is 132 Å². The Hall–Kier alpha value is -6.97. The number of fused-ring (bicyclic) bond motifs is 9. The van der Waals surface area contributed by atoms with Crippen molar-refractivity contribution < 1.29 is 0 Å². The first-order chi connectivity index (χ1) is 28.7. The van der Waals surface area contributed by atoms with Crippen molar-refractivity contribution in [2.75, 3.05) is 0 Å². The van der Waals surface area contributed by atoms with Gasteiger partial charge in [-0.25, -0.2) is 4.98 Å². The van der Waals surface area contributed by atoms with Crippen LogP contribution in [0.25, 0.3) is 104 Å². The fourth-order valence-electron chi connectivity index (χ4n) is 11.4. The van der Waals surface area contributed by atoms with Crippen molar-refractivity contribution in [3.05, 3.63) is 179 Å². The summed E-state index contributed by atoms with van der Waals surface area (Å²) in [6.07, 6.45) is 8.53. The van der Waals surface area contributed by atoms with Gasteiger partial charge in [0.05, 0.1) is 11.0 Å². The Bertz CT molecular complexity index is 3600.